The molecule has 6 heteroatoms. The van der Waals surface area contributed by atoms with Gasteiger partial charge in [0.05, 0.1) is 54.5 Å². The van der Waals surface area contributed by atoms with Crippen molar-refractivity contribution in [3.63, 3.8) is 0 Å². The van der Waals surface area contributed by atoms with Gasteiger partial charge in [-0.05, 0) is 38.5 Å². The van der Waals surface area contributed by atoms with Crippen LogP contribution in [0, 0.1) is 0 Å². The van der Waals surface area contributed by atoms with E-state index >= 15 is 0 Å². The van der Waals surface area contributed by atoms with Gasteiger partial charge < -0.3 is 18.4 Å². The minimum absolute atomic E-state index is 0.0722. The van der Waals surface area contributed by atoms with Crippen LogP contribution in [-0.2, 0) is 19.1 Å². The first kappa shape index (κ1) is 26.9. The van der Waals surface area contributed by atoms with Crippen LogP contribution in [0.4, 0.5) is 0 Å². The standard InChI is InChI=1S/C24H48N2O4/c1-25(2)17-13-9-5-6-10-14-18-26(3,4)22-24(28)30-20-16-12-8-7-11-15-19-29-23(27)21-25/h5-22H2,1-4H3/q+2. The van der Waals surface area contributed by atoms with Crippen LogP contribution in [0.5, 0.6) is 0 Å². The Bertz CT molecular complexity index is 448. The fourth-order valence-electron chi connectivity index (χ4n) is 4.02. The van der Waals surface area contributed by atoms with Gasteiger partial charge in [0.25, 0.3) is 0 Å². The van der Waals surface area contributed by atoms with Crippen LogP contribution in [0.15, 0.2) is 0 Å². The number of rotatable bonds is 0. The van der Waals surface area contributed by atoms with E-state index in [1.54, 1.807) is 0 Å². The Morgan fingerprint density at radius 3 is 1.17 bits per heavy atom. The fourth-order valence-corrected chi connectivity index (χ4v) is 4.02. The minimum Gasteiger partial charge on any atom is -0.462 e. The second-order valence-electron chi connectivity index (χ2n) is 10.3. The highest BCUT2D eigenvalue weighted by molar-refractivity contribution is 5.70. The monoisotopic (exact) mass is 428 g/mol. The van der Waals surface area contributed by atoms with Crippen LogP contribution >= 0.6 is 0 Å². The smallest absolute Gasteiger partial charge is 0.361 e. The Balaban J connectivity index is 2.41. The molecule has 1 aliphatic rings. The molecule has 0 aromatic rings. The molecule has 176 valence electrons. The molecule has 1 fully saturated rings. The summed E-state index contributed by atoms with van der Waals surface area (Å²) in [5.41, 5.74) is 0. The van der Waals surface area contributed by atoms with Gasteiger partial charge in [-0.25, -0.2) is 9.59 Å². The maximum Gasteiger partial charge on any atom is 0.361 e. The average Bonchev–Trinajstić information content (AvgIpc) is 2.63. The van der Waals surface area contributed by atoms with Crippen LogP contribution in [0.2, 0.25) is 0 Å². The first-order chi connectivity index (χ1) is 14.2. The van der Waals surface area contributed by atoms with E-state index in [0.717, 1.165) is 64.5 Å². The second-order valence-corrected chi connectivity index (χ2v) is 10.3. The molecule has 1 heterocycles. The third kappa shape index (κ3) is 14.8. The van der Waals surface area contributed by atoms with Crippen molar-refractivity contribution in [1.29, 1.82) is 0 Å². The van der Waals surface area contributed by atoms with Gasteiger partial charge >= 0.3 is 11.9 Å². The maximum atomic E-state index is 12.1. The van der Waals surface area contributed by atoms with Gasteiger partial charge in [0.15, 0.2) is 13.1 Å². The van der Waals surface area contributed by atoms with Crippen molar-refractivity contribution in [2.75, 3.05) is 67.6 Å². The summed E-state index contributed by atoms with van der Waals surface area (Å²) in [6.45, 7) is 4.02. The van der Waals surface area contributed by atoms with Crippen LogP contribution in [0.3, 0.4) is 0 Å². The third-order valence-electron chi connectivity index (χ3n) is 5.96. The number of quaternary nitrogens is 2. The number of esters is 2. The van der Waals surface area contributed by atoms with E-state index in [1.165, 1.54) is 25.7 Å². The maximum absolute atomic E-state index is 12.1. The van der Waals surface area contributed by atoms with E-state index in [-0.39, 0.29) is 11.9 Å². The minimum atomic E-state index is -0.0722. The number of ether oxygens (including phenoxy) is 2. The lowest BCUT2D eigenvalue weighted by atomic mass is 10.1. The summed E-state index contributed by atoms with van der Waals surface area (Å²) in [6, 6.07) is 0. The van der Waals surface area contributed by atoms with E-state index < -0.39 is 0 Å². The lowest BCUT2D eigenvalue weighted by Gasteiger charge is -2.29. The summed E-state index contributed by atoms with van der Waals surface area (Å²) in [6.07, 6.45) is 13.5. The van der Waals surface area contributed by atoms with E-state index in [9.17, 15) is 9.59 Å². The van der Waals surface area contributed by atoms with E-state index in [4.69, 9.17) is 9.47 Å². The predicted molar refractivity (Wildman–Crippen MR) is 121 cm³/mol. The Morgan fingerprint density at radius 2 is 0.800 bits per heavy atom. The zero-order valence-electron chi connectivity index (χ0n) is 20.3. The largest absolute Gasteiger partial charge is 0.462 e. The summed E-state index contributed by atoms with van der Waals surface area (Å²) >= 11 is 0. The molecule has 6 nitrogen and oxygen atoms in total. The molecule has 1 rings (SSSR count). The molecule has 0 saturated carbocycles. The molecule has 0 amide bonds. The quantitative estimate of drug-likeness (QED) is 0.433. The molecule has 1 saturated heterocycles. The highest BCUT2D eigenvalue weighted by atomic mass is 16.5. The molecule has 0 aromatic heterocycles. The Morgan fingerprint density at radius 1 is 0.500 bits per heavy atom. The van der Waals surface area contributed by atoms with Crippen LogP contribution in [0.1, 0.15) is 77.0 Å². The number of cyclic esters (lactones) is 2. The summed E-state index contributed by atoms with van der Waals surface area (Å²) in [5, 5.41) is 0. The third-order valence-corrected chi connectivity index (χ3v) is 5.96. The second kappa shape index (κ2) is 14.8. The van der Waals surface area contributed by atoms with Gasteiger partial charge in [0.2, 0.25) is 0 Å². The molecule has 0 radical (unpaired) electrons. The van der Waals surface area contributed by atoms with Crippen molar-refractivity contribution < 1.29 is 28.0 Å². The summed E-state index contributed by atoms with van der Waals surface area (Å²) in [4.78, 5) is 24.2. The molecule has 0 aromatic carbocycles. The SMILES string of the molecule is C[N+]1(C)CCCCCCCC[N+](C)(C)CC(=O)OCCCCCCCCOC(=O)C1. The van der Waals surface area contributed by atoms with Gasteiger partial charge in [-0.2, -0.15) is 0 Å². The van der Waals surface area contributed by atoms with Crippen molar-refractivity contribution in [1.82, 2.24) is 0 Å². The number of nitrogens with zero attached hydrogens (tertiary/aromatic N) is 2. The zero-order chi connectivity index (χ0) is 22.3. The van der Waals surface area contributed by atoms with E-state index in [0.29, 0.717) is 35.3 Å². The highest BCUT2D eigenvalue weighted by Crippen LogP contribution is 2.11. The molecule has 1 aliphatic heterocycles. The molecule has 0 spiro atoms. The van der Waals surface area contributed by atoms with Crippen molar-refractivity contribution in [3.05, 3.63) is 0 Å². The Hall–Kier alpha value is -1.14. The summed E-state index contributed by atoms with van der Waals surface area (Å²) in [7, 11) is 8.49. The number of hydrogen-bond acceptors (Lipinski definition) is 4. The highest BCUT2D eigenvalue weighted by Gasteiger charge is 2.21. The normalized spacial score (nSPS) is 24.8. The van der Waals surface area contributed by atoms with Crippen molar-refractivity contribution in [2.45, 2.75) is 77.0 Å². The molecule has 0 atom stereocenters. The molecule has 0 unspecified atom stereocenters. The Kier molecular flexibility index (Phi) is 13.3. The molecule has 0 aliphatic carbocycles. The number of carbonyl (C=O) groups is 2. The molecular weight excluding hydrogens is 380 g/mol. The van der Waals surface area contributed by atoms with E-state index in [1.807, 2.05) is 0 Å². The Labute approximate surface area is 185 Å². The number of likely N-dealkylation sites (N-methyl/N-ethyl adjacent to an activating group) is 2. The molecular formula is C24H48N2O4+2. The average molecular weight is 429 g/mol. The lowest BCUT2D eigenvalue weighted by Crippen LogP contribution is -2.45. The lowest BCUT2D eigenvalue weighted by molar-refractivity contribution is -0.883. The predicted octanol–water partition coefficient (Wildman–Crippen LogP) is 3.92. The zero-order valence-corrected chi connectivity index (χ0v) is 20.3. The summed E-state index contributed by atoms with van der Waals surface area (Å²) in [5.74, 6) is -0.144. The van der Waals surface area contributed by atoms with Gasteiger partial charge in [-0.3, -0.25) is 0 Å². The van der Waals surface area contributed by atoms with Gasteiger partial charge in [-0.1, -0.05) is 38.5 Å². The summed E-state index contributed by atoms with van der Waals surface area (Å²) < 4.78 is 12.3. The van der Waals surface area contributed by atoms with Gasteiger partial charge in [-0.15, -0.1) is 0 Å². The van der Waals surface area contributed by atoms with Gasteiger partial charge in [0, 0.05) is 0 Å². The van der Waals surface area contributed by atoms with Crippen LogP contribution in [-0.4, -0.2) is 88.5 Å². The van der Waals surface area contributed by atoms with Gasteiger partial charge in [0.1, 0.15) is 0 Å². The first-order valence-electron chi connectivity index (χ1n) is 12.2. The number of hydrogen-bond donors (Lipinski definition) is 0. The number of carbonyl (C=O) groups excluding carboxylic acids is 2. The van der Waals surface area contributed by atoms with Crippen molar-refractivity contribution in [3.8, 4) is 0 Å². The van der Waals surface area contributed by atoms with E-state index in [2.05, 4.69) is 28.2 Å². The van der Waals surface area contributed by atoms with Crippen LogP contribution < -0.4 is 0 Å². The first-order valence-corrected chi connectivity index (χ1v) is 12.2. The molecule has 0 bridgehead atoms. The topological polar surface area (TPSA) is 52.6 Å². The van der Waals surface area contributed by atoms with Crippen LogP contribution in [0.25, 0.3) is 0 Å². The molecule has 0 N–H and O–H groups in total. The molecule has 30 heavy (non-hydrogen) atoms. The van der Waals surface area contributed by atoms with Crippen molar-refractivity contribution in [2.24, 2.45) is 0 Å². The van der Waals surface area contributed by atoms with Crippen molar-refractivity contribution >= 4 is 11.9 Å². The fraction of sp³-hybridized carbons (Fsp3) is 0.917.